The van der Waals surface area contributed by atoms with Crippen molar-refractivity contribution in [1.29, 1.82) is 0 Å². The summed E-state index contributed by atoms with van der Waals surface area (Å²) in [5.41, 5.74) is 1.63. The van der Waals surface area contributed by atoms with E-state index in [1.54, 1.807) is 122 Å². The second kappa shape index (κ2) is 14.3. The average Bonchev–Trinajstić information content (AvgIpc) is 2.94. The Balaban J connectivity index is 0.948. The molecule has 220 valence electrons. The van der Waals surface area contributed by atoms with Crippen LogP contribution >= 0.6 is 0 Å². The molecule has 0 aromatic carbocycles. The highest BCUT2D eigenvalue weighted by Gasteiger charge is 2.56. The fourth-order valence-electron chi connectivity index (χ4n) is 11.3. The van der Waals surface area contributed by atoms with Crippen LogP contribution < -0.4 is 0 Å². The Labute approximate surface area is 239 Å². The zero-order valence-electron chi connectivity index (χ0n) is 26.3. The third-order valence-corrected chi connectivity index (χ3v) is 13.7. The number of unbranched alkanes of at least 4 members (excludes halogenated alkanes) is 6. The molecule has 0 heterocycles. The molecule has 5 aliphatic carbocycles. The van der Waals surface area contributed by atoms with Gasteiger partial charge < -0.3 is 0 Å². The van der Waals surface area contributed by atoms with Gasteiger partial charge in [0.2, 0.25) is 0 Å². The molecule has 0 aromatic rings. The minimum atomic E-state index is 0.815. The van der Waals surface area contributed by atoms with Gasteiger partial charge in [0.05, 0.1) is 0 Å². The molecule has 0 saturated heterocycles. The molecule has 0 amide bonds. The third-order valence-electron chi connectivity index (χ3n) is 13.7. The Morgan fingerprint density at radius 3 is 1.16 bits per heavy atom. The lowest BCUT2D eigenvalue weighted by Crippen LogP contribution is -2.50. The van der Waals surface area contributed by atoms with Gasteiger partial charge in [-0.15, -0.1) is 0 Å². The van der Waals surface area contributed by atoms with E-state index in [0.717, 1.165) is 46.3 Å². The van der Waals surface area contributed by atoms with Gasteiger partial charge in [0.15, 0.2) is 0 Å². The van der Waals surface area contributed by atoms with Crippen molar-refractivity contribution in [2.75, 3.05) is 0 Å². The summed E-state index contributed by atoms with van der Waals surface area (Å²) >= 11 is 0. The summed E-state index contributed by atoms with van der Waals surface area (Å²) < 4.78 is 0. The molecule has 0 nitrogen and oxygen atoms in total. The van der Waals surface area contributed by atoms with E-state index in [9.17, 15) is 0 Å². The fourth-order valence-corrected chi connectivity index (χ4v) is 11.3. The summed E-state index contributed by atoms with van der Waals surface area (Å²) in [4.78, 5) is 0. The molecule has 0 atom stereocenters. The van der Waals surface area contributed by atoms with Crippen LogP contribution in [0.25, 0.3) is 0 Å². The van der Waals surface area contributed by atoms with Crippen molar-refractivity contribution >= 4 is 0 Å². The van der Waals surface area contributed by atoms with E-state index in [4.69, 9.17) is 0 Å². The molecule has 2 spiro atoms. The van der Waals surface area contributed by atoms with E-state index in [0.29, 0.717) is 0 Å². The summed E-state index contributed by atoms with van der Waals surface area (Å²) in [6.45, 7) is 4.69. The molecular weight excluding hydrogens is 456 g/mol. The van der Waals surface area contributed by atoms with Gasteiger partial charge in [0, 0.05) is 0 Å². The first-order chi connectivity index (χ1) is 18.6. The first-order valence-electron chi connectivity index (χ1n) is 18.6. The van der Waals surface area contributed by atoms with Crippen LogP contribution in [0, 0.1) is 46.3 Å². The molecule has 0 bridgehead atoms. The number of hydrogen-bond acceptors (Lipinski definition) is 0. The van der Waals surface area contributed by atoms with Crippen LogP contribution in [0.3, 0.4) is 0 Å². The SMILES string of the molecule is CCCCCCC[C@H]1CC[C@H](C2CCC3(CC2)CC2(CCC([C@H]4CC[C@H](CCCCC)CC4)CC2)C3)CC1. The van der Waals surface area contributed by atoms with E-state index >= 15 is 0 Å². The highest BCUT2D eigenvalue weighted by Crippen LogP contribution is 2.67. The second-order valence-electron chi connectivity index (χ2n) is 16.3. The molecule has 38 heavy (non-hydrogen) atoms. The van der Waals surface area contributed by atoms with Crippen LogP contribution in [0.5, 0.6) is 0 Å². The molecule has 0 radical (unpaired) electrons. The Morgan fingerprint density at radius 1 is 0.395 bits per heavy atom. The smallest absolute Gasteiger partial charge is 0.0287 e. The van der Waals surface area contributed by atoms with Crippen LogP contribution in [0.1, 0.15) is 194 Å². The lowest BCUT2D eigenvalue weighted by atomic mass is 9.43. The average molecular weight is 525 g/mol. The van der Waals surface area contributed by atoms with Crippen LogP contribution in [-0.2, 0) is 0 Å². The molecule has 5 saturated carbocycles. The Morgan fingerprint density at radius 2 is 0.737 bits per heavy atom. The van der Waals surface area contributed by atoms with Crippen molar-refractivity contribution < 1.29 is 0 Å². The summed E-state index contributed by atoms with van der Waals surface area (Å²) in [5, 5.41) is 0. The van der Waals surface area contributed by atoms with Crippen LogP contribution in [0.4, 0.5) is 0 Å². The molecule has 0 N–H and O–H groups in total. The van der Waals surface area contributed by atoms with Gasteiger partial charge in [0.25, 0.3) is 0 Å². The molecule has 0 heteroatoms. The van der Waals surface area contributed by atoms with Crippen molar-refractivity contribution in [2.45, 2.75) is 194 Å². The lowest BCUT2D eigenvalue weighted by molar-refractivity contribution is -0.109. The van der Waals surface area contributed by atoms with E-state index in [-0.39, 0.29) is 0 Å². The second-order valence-corrected chi connectivity index (χ2v) is 16.3. The predicted molar refractivity (Wildman–Crippen MR) is 166 cm³/mol. The van der Waals surface area contributed by atoms with Crippen molar-refractivity contribution in [1.82, 2.24) is 0 Å². The molecule has 5 aliphatic rings. The van der Waals surface area contributed by atoms with Crippen molar-refractivity contribution in [3.8, 4) is 0 Å². The lowest BCUT2D eigenvalue weighted by Gasteiger charge is -2.62. The van der Waals surface area contributed by atoms with Crippen molar-refractivity contribution in [3.63, 3.8) is 0 Å². The first kappa shape index (κ1) is 29.5. The normalized spacial score (nSPS) is 41.8. The Bertz CT molecular complexity index is 634. The van der Waals surface area contributed by atoms with Crippen LogP contribution in [-0.4, -0.2) is 0 Å². The standard InChI is InChI=1S/C38H68/c1-3-5-7-8-10-12-32-15-19-34(20-16-32)36-23-27-38(28-24-36)29-37(30-38)25-21-35(22-26-37)33-17-13-31(14-18-33)11-9-6-4-2/h31-36H,3-30H2,1-2H3/t31-,32-,33-,34-,35?,36?,37?,38?. The van der Waals surface area contributed by atoms with Gasteiger partial charge in [-0.05, 0) is 136 Å². The van der Waals surface area contributed by atoms with Gasteiger partial charge in [-0.2, -0.15) is 0 Å². The van der Waals surface area contributed by atoms with E-state index in [1.807, 2.05) is 0 Å². The zero-order chi connectivity index (χ0) is 26.3. The highest BCUT2D eigenvalue weighted by molar-refractivity contribution is 5.07. The summed E-state index contributed by atoms with van der Waals surface area (Å²) in [6, 6.07) is 0. The summed E-state index contributed by atoms with van der Waals surface area (Å²) in [6.07, 6.45) is 43.6. The number of hydrogen-bond donors (Lipinski definition) is 0. The predicted octanol–water partition coefficient (Wildman–Crippen LogP) is 12.7. The maximum absolute atomic E-state index is 2.35. The summed E-state index contributed by atoms with van der Waals surface area (Å²) in [7, 11) is 0. The monoisotopic (exact) mass is 525 g/mol. The molecule has 0 aromatic heterocycles. The highest BCUT2D eigenvalue weighted by atomic mass is 14.6. The topological polar surface area (TPSA) is 0 Å². The minimum Gasteiger partial charge on any atom is -0.0654 e. The minimum absolute atomic E-state index is 0.815. The maximum atomic E-state index is 2.35. The molecule has 5 rings (SSSR count). The van der Waals surface area contributed by atoms with E-state index in [2.05, 4.69) is 13.8 Å². The van der Waals surface area contributed by atoms with Gasteiger partial charge in [-0.25, -0.2) is 0 Å². The first-order valence-corrected chi connectivity index (χ1v) is 18.6. The van der Waals surface area contributed by atoms with Gasteiger partial charge in [-0.3, -0.25) is 0 Å². The largest absolute Gasteiger partial charge is 0.0654 e. The van der Waals surface area contributed by atoms with E-state index < -0.39 is 0 Å². The quantitative estimate of drug-likeness (QED) is 0.223. The van der Waals surface area contributed by atoms with Crippen molar-refractivity contribution in [3.05, 3.63) is 0 Å². The van der Waals surface area contributed by atoms with Gasteiger partial charge in [-0.1, -0.05) is 104 Å². The van der Waals surface area contributed by atoms with Crippen LogP contribution in [0.2, 0.25) is 0 Å². The molecule has 0 unspecified atom stereocenters. The van der Waals surface area contributed by atoms with Gasteiger partial charge >= 0.3 is 0 Å². The Hall–Kier alpha value is 0. The molecule has 5 fully saturated rings. The maximum Gasteiger partial charge on any atom is -0.0287 e. The fraction of sp³-hybridized carbons (Fsp3) is 1.00. The summed E-state index contributed by atoms with van der Waals surface area (Å²) in [5.74, 6) is 6.60. The molecular formula is C38H68. The van der Waals surface area contributed by atoms with Crippen molar-refractivity contribution in [2.24, 2.45) is 46.3 Å². The molecule has 0 aliphatic heterocycles. The third kappa shape index (κ3) is 7.64. The Kier molecular flexibility index (Phi) is 11.1. The van der Waals surface area contributed by atoms with Gasteiger partial charge in [0.1, 0.15) is 0 Å². The zero-order valence-corrected chi connectivity index (χ0v) is 26.3. The van der Waals surface area contributed by atoms with E-state index in [1.165, 1.54) is 57.8 Å². The number of rotatable bonds is 12. The van der Waals surface area contributed by atoms with Crippen LogP contribution in [0.15, 0.2) is 0 Å².